The van der Waals surface area contributed by atoms with Crippen LogP contribution in [0, 0.1) is 0 Å². The fourth-order valence-electron chi connectivity index (χ4n) is 2.09. The van der Waals surface area contributed by atoms with Gasteiger partial charge in [0.15, 0.2) is 0 Å². The number of ether oxygens (including phenoxy) is 2. The van der Waals surface area contributed by atoms with Gasteiger partial charge in [0, 0.05) is 6.92 Å². The molecule has 2 aromatic carbocycles. The number of hydrogen-bond donors (Lipinski definition) is 1. The van der Waals surface area contributed by atoms with Gasteiger partial charge in [-0.15, -0.1) is 0 Å². The van der Waals surface area contributed by atoms with Gasteiger partial charge >= 0.3 is 11.9 Å². The Morgan fingerprint density at radius 2 is 1.75 bits per heavy atom. The lowest BCUT2D eigenvalue weighted by Crippen LogP contribution is -2.13. The molecule has 0 atom stereocenters. The third kappa shape index (κ3) is 4.42. The van der Waals surface area contributed by atoms with Gasteiger partial charge in [0.05, 0.1) is 23.9 Å². The van der Waals surface area contributed by atoms with E-state index in [9.17, 15) is 14.4 Å². The first kappa shape index (κ1) is 17.2. The molecule has 0 aliphatic carbocycles. The first-order valence-corrected chi connectivity index (χ1v) is 7.22. The highest BCUT2D eigenvalue weighted by atomic mass is 16.5. The number of para-hydroxylation sites is 1. The lowest BCUT2D eigenvalue weighted by Gasteiger charge is -2.10. The molecule has 6 heteroatoms. The molecule has 0 radical (unpaired) electrons. The van der Waals surface area contributed by atoms with E-state index in [1.165, 1.54) is 14.0 Å². The minimum absolute atomic E-state index is 0.00191. The molecule has 124 valence electrons. The number of amides is 1. The first-order chi connectivity index (χ1) is 11.5. The van der Waals surface area contributed by atoms with E-state index >= 15 is 0 Å². The van der Waals surface area contributed by atoms with Crippen molar-refractivity contribution in [2.75, 3.05) is 12.4 Å². The maximum atomic E-state index is 12.2. The van der Waals surface area contributed by atoms with Crippen LogP contribution >= 0.6 is 0 Å². The second kappa shape index (κ2) is 7.92. The van der Waals surface area contributed by atoms with Crippen molar-refractivity contribution in [2.45, 2.75) is 13.5 Å². The molecule has 0 aromatic heterocycles. The Kier molecular flexibility index (Phi) is 5.68. The molecule has 6 nitrogen and oxygen atoms in total. The van der Waals surface area contributed by atoms with Gasteiger partial charge in [0.25, 0.3) is 0 Å². The molecule has 0 fully saturated rings. The first-order valence-electron chi connectivity index (χ1n) is 7.22. The monoisotopic (exact) mass is 327 g/mol. The summed E-state index contributed by atoms with van der Waals surface area (Å²) in [7, 11) is 1.30. The van der Waals surface area contributed by atoms with Crippen LogP contribution in [0.2, 0.25) is 0 Å². The second-order valence-corrected chi connectivity index (χ2v) is 4.99. The summed E-state index contributed by atoms with van der Waals surface area (Å²) in [6.07, 6.45) is 0. The molecule has 0 unspecified atom stereocenters. The van der Waals surface area contributed by atoms with Gasteiger partial charge in [-0.25, -0.2) is 9.59 Å². The van der Waals surface area contributed by atoms with Crippen molar-refractivity contribution in [1.82, 2.24) is 0 Å². The molecule has 1 N–H and O–H groups in total. The van der Waals surface area contributed by atoms with Gasteiger partial charge in [0.1, 0.15) is 6.61 Å². The molecule has 2 aromatic rings. The number of anilines is 1. The molecular formula is C18H17NO5. The molecule has 0 spiro atoms. The van der Waals surface area contributed by atoms with E-state index in [1.54, 1.807) is 48.5 Å². The molecular weight excluding hydrogens is 310 g/mol. The van der Waals surface area contributed by atoms with E-state index in [-0.39, 0.29) is 18.1 Å². The van der Waals surface area contributed by atoms with Crippen LogP contribution in [-0.2, 0) is 20.9 Å². The fourth-order valence-corrected chi connectivity index (χ4v) is 2.09. The van der Waals surface area contributed by atoms with Gasteiger partial charge in [-0.05, 0) is 29.8 Å². The summed E-state index contributed by atoms with van der Waals surface area (Å²) in [6.45, 7) is 1.36. The Hall–Kier alpha value is -3.15. The van der Waals surface area contributed by atoms with E-state index in [0.29, 0.717) is 16.8 Å². The van der Waals surface area contributed by atoms with E-state index in [1.807, 2.05) is 0 Å². The molecule has 0 saturated carbocycles. The third-order valence-electron chi connectivity index (χ3n) is 3.18. The zero-order valence-corrected chi connectivity index (χ0v) is 13.4. The normalized spacial score (nSPS) is 9.92. The van der Waals surface area contributed by atoms with Gasteiger partial charge < -0.3 is 14.8 Å². The van der Waals surface area contributed by atoms with Crippen molar-refractivity contribution in [3.63, 3.8) is 0 Å². The van der Waals surface area contributed by atoms with Crippen molar-refractivity contribution in [2.24, 2.45) is 0 Å². The van der Waals surface area contributed by atoms with Gasteiger partial charge in [-0.2, -0.15) is 0 Å². The highest BCUT2D eigenvalue weighted by Crippen LogP contribution is 2.17. The molecule has 0 saturated heterocycles. The van der Waals surface area contributed by atoms with Crippen molar-refractivity contribution in [1.29, 1.82) is 0 Å². The van der Waals surface area contributed by atoms with E-state index in [0.717, 1.165) is 0 Å². The highest BCUT2D eigenvalue weighted by molar-refractivity contribution is 6.00. The number of rotatable bonds is 5. The quantitative estimate of drug-likeness (QED) is 0.854. The maximum absolute atomic E-state index is 12.2. The predicted molar refractivity (Wildman–Crippen MR) is 87.6 cm³/mol. The van der Waals surface area contributed by atoms with Crippen molar-refractivity contribution in [3.8, 4) is 0 Å². The largest absolute Gasteiger partial charge is 0.465 e. The summed E-state index contributed by atoms with van der Waals surface area (Å²) < 4.78 is 9.91. The number of methoxy groups -OCH3 is 1. The molecule has 0 bridgehead atoms. The Morgan fingerprint density at radius 1 is 1.00 bits per heavy atom. The predicted octanol–water partition coefficient (Wildman–Crippen LogP) is 2.79. The fraction of sp³-hybridized carbons (Fsp3) is 0.167. The zero-order valence-electron chi connectivity index (χ0n) is 13.4. The van der Waals surface area contributed by atoms with Gasteiger partial charge in [-0.1, -0.05) is 24.3 Å². The number of esters is 2. The number of carbonyl (C=O) groups is 3. The molecule has 0 aliphatic heterocycles. The zero-order chi connectivity index (χ0) is 17.5. The van der Waals surface area contributed by atoms with Crippen molar-refractivity contribution in [3.05, 3.63) is 65.2 Å². The van der Waals surface area contributed by atoms with E-state index in [2.05, 4.69) is 10.1 Å². The minimum Gasteiger partial charge on any atom is -0.465 e. The maximum Gasteiger partial charge on any atom is 0.340 e. The average Bonchev–Trinajstić information content (AvgIpc) is 2.59. The van der Waals surface area contributed by atoms with Crippen LogP contribution < -0.4 is 5.32 Å². The smallest absolute Gasteiger partial charge is 0.340 e. The topological polar surface area (TPSA) is 81.7 Å². The lowest BCUT2D eigenvalue weighted by molar-refractivity contribution is -0.114. The number of nitrogens with one attached hydrogen (secondary N) is 1. The van der Waals surface area contributed by atoms with Crippen LogP contribution in [0.25, 0.3) is 0 Å². The standard InChI is InChI=1S/C18H17NO5/c1-12(20)19-16-9-4-3-8-15(16)18(22)24-11-13-6-5-7-14(10-13)17(21)23-2/h3-10H,11H2,1-2H3,(H,19,20). The molecule has 2 rings (SSSR count). The number of hydrogen-bond acceptors (Lipinski definition) is 5. The van der Waals surface area contributed by atoms with E-state index < -0.39 is 11.9 Å². The summed E-state index contributed by atoms with van der Waals surface area (Å²) in [5.41, 5.74) is 1.68. The summed E-state index contributed by atoms with van der Waals surface area (Å²) in [5, 5.41) is 2.58. The Morgan fingerprint density at radius 3 is 2.46 bits per heavy atom. The molecule has 0 aliphatic rings. The Bertz CT molecular complexity index is 770. The van der Waals surface area contributed by atoms with Gasteiger partial charge in [0.2, 0.25) is 5.91 Å². The van der Waals surface area contributed by atoms with Crippen molar-refractivity contribution >= 4 is 23.5 Å². The molecule has 0 heterocycles. The summed E-state index contributed by atoms with van der Waals surface area (Å²) in [5.74, 6) is -1.30. The third-order valence-corrected chi connectivity index (χ3v) is 3.18. The highest BCUT2D eigenvalue weighted by Gasteiger charge is 2.14. The molecule has 24 heavy (non-hydrogen) atoms. The van der Waals surface area contributed by atoms with Crippen LogP contribution in [0.1, 0.15) is 33.2 Å². The van der Waals surface area contributed by atoms with Crippen molar-refractivity contribution < 1.29 is 23.9 Å². The Labute approximate surface area is 139 Å². The average molecular weight is 327 g/mol. The summed E-state index contributed by atoms with van der Waals surface area (Å²) in [6, 6.07) is 13.2. The summed E-state index contributed by atoms with van der Waals surface area (Å²) >= 11 is 0. The minimum atomic E-state index is -0.567. The second-order valence-electron chi connectivity index (χ2n) is 4.99. The number of benzene rings is 2. The SMILES string of the molecule is COC(=O)c1cccc(COC(=O)c2ccccc2NC(C)=O)c1. The van der Waals surface area contributed by atoms with Crippen LogP contribution in [0.5, 0.6) is 0 Å². The van der Waals surface area contributed by atoms with E-state index in [4.69, 9.17) is 4.74 Å². The number of carbonyl (C=O) groups excluding carboxylic acids is 3. The van der Waals surface area contributed by atoms with Crippen LogP contribution in [0.3, 0.4) is 0 Å². The summed E-state index contributed by atoms with van der Waals surface area (Å²) in [4.78, 5) is 34.9. The van der Waals surface area contributed by atoms with Crippen LogP contribution in [0.15, 0.2) is 48.5 Å². The Balaban J connectivity index is 2.09. The van der Waals surface area contributed by atoms with Crippen LogP contribution in [-0.4, -0.2) is 25.0 Å². The molecule has 1 amide bonds. The van der Waals surface area contributed by atoms with Gasteiger partial charge in [-0.3, -0.25) is 4.79 Å². The lowest BCUT2D eigenvalue weighted by atomic mass is 10.1. The van der Waals surface area contributed by atoms with Crippen LogP contribution in [0.4, 0.5) is 5.69 Å².